The molecule has 79 valence electrons. The Bertz CT molecular complexity index is 355. The molecule has 1 N–H and O–H groups in total. The fourth-order valence-electron chi connectivity index (χ4n) is 1.46. The molecule has 4 heteroatoms. The minimum Gasteiger partial charge on any atom is -0.347 e. The Morgan fingerprint density at radius 2 is 2.40 bits per heavy atom. The summed E-state index contributed by atoms with van der Waals surface area (Å²) < 4.78 is 5.15. The summed E-state index contributed by atoms with van der Waals surface area (Å²) in [6, 6.07) is 6.73. The van der Waals surface area contributed by atoms with Crippen molar-refractivity contribution >= 4 is 11.6 Å². The number of pyridine rings is 1. The van der Waals surface area contributed by atoms with Crippen LogP contribution in [0.1, 0.15) is 12.1 Å². The van der Waals surface area contributed by atoms with Gasteiger partial charge in [-0.25, -0.2) is 0 Å². The molecule has 2 rings (SSSR count). The Kier molecular flexibility index (Phi) is 3.05. The molecule has 0 saturated heterocycles. The molecule has 3 nitrogen and oxygen atoms in total. The van der Waals surface area contributed by atoms with Gasteiger partial charge in [-0.3, -0.25) is 10.3 Å². The molecule has 0 spiro atoms. The average Bonchev–Trinajstić information content (AvgIpc) is 2.30. The summed E-state index contributed by atoms with van der Waals surface area (Å²) in [6.07, 6.45) is 6.30. The smallest absolute Gasteiger partial charge is 0.216 e. The third-order valence-electron chi connectivity index (χ3n) is 2.25. The molecule has 1 aliphatic heterocycles. The van der Waals surface area contributed by atoms with Crippen LogP contribution < -0.4 is 5.32 Å². The van der Waals surface area contributed by atoms with E-state index in [0.29, 0.717) is 0 Å². The van der Waals surface area contributed by atoms with E-state index in [1.807, 2.05) is 24.3 Å². The Hall–Kier alpha value is -0.900. The Morgan fingerprint density at radius 3 is 3.07 bits per heavy atom. The lowest BCUT2D eigenvalue weighted by molar-refractivity contribution is 0.0743. The van der Waals surface area contributed by atoms with Crippen LogP contribution in [0, 0.1) is 6.04 Å². The molecule has 0 aromatic carbocycles. The van der Waals surface area contributed by atoms with Crippen LogP contribution in [0.4, 0.5) is 0 Å². The first-order chi connectivity index (χ1) is 7.23. The first-order valence-electron chi connectivity index (χ1n) is 4.71. The maximum Gasteiger partial charge on any atom is 0.216 e. The quantitative estimate of drug-likeness (QED) is 0.474. The second kappa shape index (κ2) is 4.31. The first kappa shape index (κ1) is 10.6. The Labute approximate surface area is 94.1 Å². The van der Waals surface area contributed by atoms with Gasteiger partial charge in [0.05, 0.1) is 11.7 Å². The summed E-state index contributed by atoms with van der Waals surface area (Å²) in [4.78, 5) is 4.25. The Balaban J connectivity index is 2.17. The molecular formula is C11H12ClN2O. The van der Waals surface area contributed by atoms with E-state index in [1.54, 1.807) is 19.4 Å². The zero-order chi connectivity index (χ0) is 10.7. The molecule has 1 aromatic heterocycles. The summed E-state index contributed by atoms with van der Waals surface area (Å²) in [6.45, 7) is 0. The van der Waals surface area contributed by atoms with Crippen LogP contribution in [0.25, 0.3) is 0 Å². The number of aromatic nitrogens is 1. The molecule has 1 aromatic rings. The predicted molar refractivity (Wildman–Crippen MR) is 59.1 cm³/mol. The van der Waals surface area contributed by atoms with Gasteiger partial charge in [0.15, 0.2) is 0 Å². The maximum atomic E-state index is 6.14. The highest BCUT2D eigenvalue weighted by molar-refractivity contribution is 6.24. The van der Waals surface area contributed by atoms with Crippen LogP contribution >= 0.6 is 11.6 Å². The fourth-order valence-corrected chi connectivity index (χ4v) is 1.66. The number of alkyl halides is 1. The van der Waals surface area contributed by atoms with Gasteiger partial charge in [-0.2, -0.15) is 0 Å². The molecular weight excluding hydrogens is 212 g/mol. The van der Waals surface area contributed by atoms with Gasteiger partial charge < -0.3 is 4.74 Å². The van der Waals surface area contributed by atoms with E-state index in [1.165, 1.54) is 0 Å². The number of methoxy groups -OCH3 is 1. The van der Waals surface area contributed by atoms with Crippen LogP contribution in [0.5, 0.6) is 0 Å². The van der Waals surface area contributed by atoms with Gasteiger partial charge in [0.2, 0.25) is 5.18 Å². The highest BCUT2D eigenvalue weighted by Crippen LogP contribution is 2.27. The van der Waals surface area contributed by atoms with Crippen LogP contribution in [-0.4, -0.2) is 17.3 Å². The molecule has 0 bridgehead atoms. The van der Waals surface area contributed by atoms with Crippen molar-refractivity contribution in [3.8, 4) is 0 Å². The molecule has 0 fully saturated rings. The highest BCUT2D eigenvalue weighted by Gasteiger charge is 2.31. The topological polar surface area (TPSA) is 34.1 Å². The standard InChI is InChI=1S/C11H12ClN2O/c1-15-11(12)7-4-6-10(14-11)9-5-2-3-8-13-9/h2-5,7-8,14H,6H2,1H3. The van der Waals surface area contributed by atoms with Crippen LogP contribution in [-0.2, 0) is 4.74 Å². The molecule has 2 heterocycles. The molecule has 0 amide bonds. The SMILES string of the molecule is COC1(Cl)C=CC[C](c2ccccn2)N1. The minimum atomic E-state index is -0.939. The number of nitrogens with zero attached hydrogens (tertiary/aromatic N) is 1. The van der Waals surface area contributed by atoms with Gasteiger partial charge in [0, 0.05) is 13.3 Å². The highest BCUT2D eigenvalue weighted by atomic mass is 35.5. The van der Waals surface area contributed by atoms with Crippen molar-refractivity contribution in [1.29, 1.82) is 0 Å². The number of halogens is 1. The largest absolute Gasteiger partial charge is 0.347 e. The van der Waals surface area contributed by atoms with Gasteiger partial charge in [0.25, 0.3) is 0 Å². The van der Waals surface area contributed by atoms with Gasteiger partial charge in [-0.05, 0) is 24.6 Å². The summed E-state index contributed by atoms with van der Waals surface area (Å²) in [5, 5.41) is 2.17. The van der Waals surface area contributed by atoms with Gasteiger partial charge in [0.1, 0.15) is 0 Å². The lowest BCUT2D eigenvalue weighted by atomic mass is 10.1. The van der Waals surface area contributed by atoms with E-state index in [2.05, 4.69) is 10.3 Å². The van der Waals surface area contributed by atoms with Crippen molar-refractivity contribution < 1.29 is 4.74 Å². The van der Waals surface area contributed by atoms with Gasteiger partial charge in [-0.1, -0.05) is 23.7 Å². The normalized spacial score (nSPS) is 26.8. The number of rotatable bonds is 2. The molecule has 1 atom stereocenters. The third kappa shape index (κ3) is 2.37. The van der Waals surface area contributed by atoms with Crippen LogP contribution in [0.2, 0.25) is 0 Å². The number of nitrogens with one attached hydrogen (secondary N) is 1. The zero-order valence-electron chi connectivity index (χ0n) is 8.40. The lowest BCUT2D eigenvalue weighted by Crippen LogP contribution is -2.44. The first-order valence-corrected chi connectivity index (χ1v) is 5.08. The lowest BCUT2D eigenvalue weighted by Gasteiger charge is -2.31. The molecule has 1 radical (unpaired) electrons. The van der Waals surface area contributed by atoms with Crippen molar-refractivity contribution in [1.82, 2.24) is 10.3 Å². The summed E-state index contributed by atoms with van der Waals surface area (Å²) >= 11 is 6.14. The minimum absolute atomic E-state index is 0.787. The number of hydrogen-bond donors (Lipinski definition) is 1. The average molecular weight is 224 g/mol. The van der Waals surface area contributed by atoms with Crippen molar-refractivity contribution in [3.05, 3.63) is 48.3 Å². The van der Waals surface area contributed by atoms with E-state index in [4.69, 9.17) is 16.3 Å². The summed E-state index contributed by atoms with van der Waals surface area (Å²) in [5.74, 6) is 0. The zero-order valence-corrected chi connectivity index (χ0v) is 9.16. The van der Waals surface area contributed by atoms with Crippen LogP contribution in [0.15, 0.2) is 36.5 Å². The Morgan fingerprint density at radius 1 is 1.53 bits per heavy atom. The second-order valence-corrected chi connectivity index (χ2v) is 3.84. The van der Waals surface area contributed by atoms with E-state index in [9.17, 15) is 0 Å². The summed E-state index contributed by atoms with van der Waals surface area (Å²) in [5.41, 5.74) is 0.893. The van der Waals surface area contributed by atoms with E-state index in [-0.39, 0.29) is 0 Å². The number of hydrogen-bond acceptors (Lipinski definition) is 3. The number of ether oxygens (including phenoxy) is 1. The molecule has 15 heavy (non-hydrogen) atoms. The van der Waals surface area contributed by atoms with E-state index in [0.717, 1.165) is 18.2 Å². The fraction of sp³-hybridized carbons (Fsp3) is 0.273. The monoisotopic (exact) mass is 223 g/mol. The predicted octanol–water partition coefficient (Wildman–Crippen LogP) is 2.05. The molecule has 0 aliphatic carbocycles. The van der Waals surface area contributed by atoms with Gasteiger partial charge >= 0.3 is 0 Å². The second-order valence-electron chi connectivity index (χ2n) is 3.27. The van der Waals surface area contributed by atoms with Crippen molar-refractivity contribution in [2.45, 2.75) is 11.6 Å². The molecule has 1 unspecified atom stereocenters. The van der Waals surface area contributed by atoms with Crippen molar-refractivity contribution in [3.63, 3.8) is 0 Å². The maximum absolute atomic E-state index is 6.14. The molecule has 0 saturated carbocycles. The molecule has 1 aliphatic rings. The van der Waals surface area contributed by atoms with Crippen LogP contribution in [0.3, 0.4) is 0 Å². The van der Waals surface area contributed by atoms with Crippen molar-refractivity contribution in [2.24, 2.45) is 0 Å². The van der Waals surface area contributed by atoms with Crippen molar-refractivity contribution in [2.75, 3.05) is 7.11 Å². The third-order valence-corrected chi connectivity index (χ3v) is 2.62. The van der Waals surface area contributed by atoms with E-state index < -0.39 is 5.18 Å². The van der Waals surface area contributed by atoms with E-state index >= 15 is 0 Å². The summed E-state index contributed by atoms with van der Waals surface area (Å²) in [7, 11) is 1.56. The van der Waals surface area contributed by atoms with Gasteiger partial charge in [-0.15, -0.1) is 0 Å².